The molecule has 0 aliphatic rings. The van der Waals surface area contributed by atoms with Crippen LogP contribution in [0.5, 0.6) is 11.5 Å². The van der Waals surface area contributed by atoms with E-state index in [1.807, 2.05) is 0 Å². The summed E-state index contributed by atoms with van der Waals surface area (Å²) in [5.41, 5.74) is 0. The summed E-state index contributed by atoms with van der Waals surface area (Å²) in [6, 6.07) is 2.66. The van der Waals surface area contributed by atoms with Crippen molar-refractivity contribution in [3.63, 3.8) is 0 Å². The second-order valence-corrected chi connectivity index (χ2v) is 5.56. The monoisotopic (exact) mass is 360 g/mol. The summed E-state index contributed by atoms with van der Waals surface area (Å²) in [5.74, 6) is 0.244. The van der Waals surface area contributed by atoms with Crippen molar-refractivity contribution in [1.82, 2.24) is 0 Å². The van der Waals surface area contributed by atoms with E-state index < -0.39 is 5.82 Å². The largest absolute Gasteiger partial charge is 0.489 e. The van der Waals surface area contributed by atoms with Crippen molar-refractivity contribution in [1.29, 1.82) is 0 Å². The lowest BCUT2D eigenvalue weighted by atomic mass is 10.3. The predicted octanol–water partition coefficient (Wildman–Crippen LogP) is 5.57. The first-order valence-corrected chi connectivity index (χ1v) is 7.53. The van der Waals surface area contributed by atoms with Gasteiger partial charge in [-0.25, -0.2) is 4.39 Å². The van der Waals surface area contributed by atoms with Gasteiger partial charge in [-0.2, -0.15) is 0 Å². The van der Waals surface area contributed by atoms with Crippen LogP contribution in [-0.4, -0.2) is 19.1 Å². The van der Waals surface area contributed by atoms with Crippen LogP contribution >= 0.6 is 46.4 Å². The van der Waals surface area contributed by atoms with E-state index in [-0.39, 0.29) is 27.6 Å². The van der Waals surface area contributed by atoms with E-state index in [1.165, 1.54) is 18.2 Å². The van der Waals surface area contributed by atoms with Gasteiger partial charge in [0.1, 0.15) is 16.8 Å². The quantitative estimate of drug-likeness (QED) is 0.444. The van der Waals surface area contributed by atoms with E-state index in [2.05, 4.69) is 0 Å². The van der Waals surface area contributed by atoms with Gasteiger partial charge in [0.25, 0.3) is 0 Å². The zero-order chi connectivity index (χ0) is 15.0. The van der Waals surface area contributed by atoms with Gasteiger partial charge in [0.15, 0.2) is 11.6 Å². The summed E-state index contributed by atoms with van der Waals surface area (Å²) in [5, 5.41) is 0.145. The molecule has 1 rings (SSSR count). The number of benzene rings is 1. The molecule has 0 fully saturated rings. The lowest BCUT2D eigenvalue weighted by Crippen LogP contribution is -2.01. The molecule has 2 nitrogen and oxygen atoms in total. The lowest BCUT2D eigenvalue weighted by Gasteiger charge is -2.11. The number of ether oxygens (including phenoxy) is 2. The fraction of sp³-hybridized carbons (Fsp3) is 0.385. The number of hydrogen-bond donors (Lipinski definition) is 0. The zero-order valence-electron chi connectivity index (χ0n) is 10.5. The summed E-state index contributed by atoms with van der Waals surface area (Å²) in [7, 11) is 0. The highest BCUT2D eigenvalue weighted by Gasteiger charge is 2.11. The van der Waals surface area contributed by atoms with Crippen molar-refractivity contribution in [2.45, 2.75) is 12.8 Å². The first kappa shape index (κ1) is 17.7. The summed E-state index contributed by atoms with van der Waals surface area (Å²) < 4.78 is 24.4. The predicted molar refractivity (Wildman–Crippen MR) is 82.1 cm³/mol. The Bertz CT molecular complexity index is 439. The number of unbranched alkanes of at least 4 members (excludes halogenated alkanes) is 1. The molecule has 7 heteroatoms. The standard InChI is InChI=1S/C13H13Cl4FO2/c14-4-1-2-5-20-13-10(15)7-9(8-11(13)18)19-6-3-12(16)17/h3,7-8H,1-2,4-6H2. The Morgan fingerprint density at radius 1 is 1.20 bits per heavy atom. The molecule has 0 spiro atoms. The van der Waals surface area contributed by atoms with Crippen LogP contribution in [0.2, 0.25) is 5.02 Å². The Labute approximate surface area is 137 Å². The average Bonchev–Trinajstić information content (AvgIpc) is 2.36. The van der Waals surface area contributed by atoms with E-state index in [4.69, 9.17) is 55.9 Å². The van der Waals surface area contributed by atoms with Gasteiger partial charge in [-0.05, 0) is 18.9 Å². The highest BCUT2D eigenvalue weighted by atomic mass is 35.5. The molecule has 20 heavy (non-hydrogen) atoms. The second kappa shape index (κ2) is 9.56. The number of halogens is 5. The SMILES string of the molecule is Fc1cc(OCC=C(Cl)Cl)cc(Cl)c1OCCCCCl. The van der Waals surface area contributed by atoms with E-state index in [9.17, 15) is 4.39 Å². The fourth-order valence-corrected chi connectivity index (χ4v) is 1.90. The minimum Gasteiger partial charge on any atom is -0.489 e. The zero-order valence-corrected chi connectivity index (χ0v) is 13.5. The Hall–Kier alpha value is -0.350. The highest BCUT2D eigenvalue weighted by molar-refractivity contribution is 6.55. The normalized spacial score (nSPS) is 10.2. The van der Waals surface area contributed by atoms with Gasteiger partial charge in [0.05, 0.1) is 11.6 Å². The van der Waals surface area contributed by atoms with E-state index in [1.54, 1.807) is 0 Å². The van der Waals surface area contributed by atoms with Gasteiger partial charge in [0, 0.05) is 18.0 Å². The van der Waals surface area contributed by atoms with Gasteiger partial charge < -0.3 is 9.47 Å². The first-order valence-electron chi connectivity index (χ1n) is 5.86. The molecule has 0 aliphatic carbocycles. The molecule has 0 atom stereocenters. The molecule has 0 bridgehead atoms. The van der Waals surface area contributed by atoms with Crippen molar-refractivity contribution >= 4 is 46.4 Å². The van der Waals surface area contributed by atoms with Crippen LogP contribution in [0.3, 0.4) is 0 Å². The average molecular weight is 362 g/mol. The van der Waals surface area contributed by atoms with Crippen LogP contribution in [0.15, 0.2) is 22.7 Å². The van der Waals surface area contributed by atoms with Crippen molar-refractivity contribution in [3.8, 4) is 11.5 Å². The van der Waals surface area contributed by atoms with Gasteiger partial charge in [-0.1, -0.05) is 34.8 Å². The van der Waals surface area contributed by atoms with Crippen molar-refractivity contribution < 1.29 is 13.9 Å². The van der Waals surface area contributed by atoms with Gasteiger partial charge in [-0.15, -0.1) is 11.6 Å². The fourth-order valence-electron chi connectivity index (χ4n) is 1.33. The van der Waals surface area contributed by atoms with Crippen LogP contribution in [-0.2, 0) is 0 Å². The lowest BCUT2D eigenvalue weighted by molar-refractivity contribution is 0.292. The van der Waals surface area contributed by atoms with Gasteiger partial charge >= 0.3 is 0 Å². The minimum absolute atomic E-state index is 0.0134. The molecule has 112 valence electrons. The number of alkyl halides is 1. The van der Waals surface area contributed by atoms with Crippen molar-refractivity contribution in [2.75, 3.05) is 19.1 Å². The van der Waals surface area contributed by atoms with Crippen molar-refractivity contribution in [3.05, 3.63) is 33.5 Å². The molecule has 0 amide bonds. The maximum absolute atomic E-state index is 13.8. The van der Waals surface area contributed by atoms with E-state index in [0.29, 0.717) is 12.5 Å². The Balaban J connectivity index is 2.63. The maximum Gasteiger partial charge on any atom is 0.173 e. The van der Waals surface area contributed by atoms with Crippen LogP contribution in [0.25, 0.3) is 0 Å². The van der Waals surface area contributed by atoms with E-state index >= 15 is 0 Å². The summed E-state index contributed by atoms with van der Waals surface area (Å²) >= 11 is 22.4. The first-order chi connectivity index (χ1) is 9.54. The molecule has 1 aromatic rings. The van der Waals surface area contributed by atoms with Crippen LogP contribution in [0.1, 0.15) is 12.8 Å². The topological polar surface area (TPSA) is 18.5 Å². The second-order valence-electron chi connectivity index (χ2n) is 3.77. The summed E-state index contributed by atoms with van der Waals surface area (Å²) in [6.45, 7) is 0.474. The van der Waals surface area contributed by atoms with Crippen LogP contribution in [0.4, 0.5) is 4.39 Å². The third-order valence-corrected chi connectivity index (χ3v) is 3.09. The number of hydrogen-bond acceptors (Lipinski definition) is 2. The molecule has 0 unspecified atom stereocenters. The molecule has 1 aromatic carbocycles. The Morgan fingerprint density at radius 2 is 1.95 bits per heavy atom. The molecule has 0 aliphatic heterocycles. The third kappa shape index (κ3) is 6.40. The van der Waals surface area contributed by atoms with Gasteiger partial charge in [-0.3, -0.25) is 0 Å². The Kier molecular flexibility index (Phi) is 8.46. The molecule has 0 radical (unpaired) electrons. The molecular formula is C13H13Cl4FO2. The highest BCUT2D eigenvalue weighted by Crippen LogP contribution is 2.32. The van der Waals surface area contributed by atoms with Crippen LogP contribution in [0, 0.1) is 5.82 Å². The molecule has 0 aromatic heterocycles. The van der Waals surface area contributed by atoms with Gasteiger partial charge in [0.2, 0.25) is 0 Å². The van der Waals surface area contributed by atoms with E-state index in [0.717, 1.165) is 12.8 Å². The summed E-state index contributed by atoms with van der Waals surface area (Å²) in [4.78, 5) is 0. The molecular weight excluding hydrogens is 349 g/mol. The minimum atomic E-state index is -0.584. The van der Waals surface area contributed by atoms with Crippen molar-refractivity contribution in [2.24, 2.45) is 0 Å². The van der Waals surface area contributed by atoms with Crippen LogP contribution < -0.4 is 9.47 Å². The molecule has 0 saturated heterocycles. The smallest absolute Gasteiger partial charge is 0.173 e. The molecule has 0 saturated carbocycles. The summed E-state index contributed by atoms with van der Waals surface area (Å²) in [6.07, 6.45) is 2.97. The maximum atomic E-state index is 13.8. The molecule has 0 N–H and O–H groups in total. The Morgan fingerprint density at radius 3 is 2.55 bits per heavy atom. The third-order valence-electron chi connectivity index (χ3n) is 2.23. The molecule has 0 heterocycles. The number of rotatable bonds is 8.